The van der Waals surface area contributed by atoms with E-state index in [9.17, 15) is 4.79 Å². The van der Waals surface area contributed by atoms with E-state index in [1.54, 1.807) is 0 Å². The minimum Gasteiger partial charge on any atom is -0.351 e. The number of aromatic nitrogens is 2. The molecule has 0 aliphatic carbocycles. The van der Waals surface area contributed by atoms with Crippen molar-refractivity contribution in [2.45, 2.75) is 31.7 Å². The molecule has 0 bridgehead atoms. The molecule has 2 heterocycles. The first-order valence-electron chi connectivity index (χ1n) is 4.25. The Kier molecular flexibility index (Phi) is 2.03. The predicted molar refractivity (Wildman–Crippen MR) is 49.4 cm³/mol. The lowest BCUT2D eigenvalue weighted by atomic mass is 9.95. The third kappa shape index (κ3) is 1.85. The Morgan fingerprint density at radius 3 is 3.15 bits per heavy atom. The zero-order chi connectivity index (χ0) is 9.31. The second-order valence-corrected chi connectivity index (χ2v) is 4.29. The normalized spacial score (nSPS) is 27.6. The number of nitrogens with zero attached hydrogens (tertiary/aromatic N) is 2. The molecule has 5 heteroatoms. The number of carbonyl (C=O) groups is 1. The van der Waals surface area contributed by atoms with Crippen LogP contribution in [0, 0.1) is 0 Å². The maximum Gasteiger partial charge on any atom is 0.220 e. The van der Waals surface area contributed by atoms with Crippen molar-refractivity contribution in [2.24, 2.45) is 0 Å². The molecule has 1 aliphatic heterocycles. The summed E-state index contributed by atoms with van der Waals surface area (Å²) in [6.45, 7) is 2.05. The molecule has 1 aliphatic rings. The van der Waals surface area contributed by atoms with Crippen LogP contribution in [0.5, 0.6) is 0 Å². The molecule has 1 N–H and O–H groups in total. The Bertz CT molecular complexity index is 311. The van der Waals surface area contributed by atoms with Crippen LogP contribution in [-0.2, 0) is 11.2 Å². The molecule has 0 radical (unpaired) electrons. The van der Waals surface area contributed by atoms with Crippen LogP contribution in [-0.4, -0.2) is 21.0 Å². The summed E-state index contributed by atoms with van der Waals surface area (Å²) in [5.41, 5.74) is 0.863. The molecule has 1 saturated heterocycles. The summed E-state index contributed by atoms with van der Waals surface area (Å²) >= 11 is 1.35. The SMILES string of the molecule is CC1(Cc2csnn2)CCC(=O)N1. The lowest BCUT2D eigenvalue weighted by Gasteiger charge is -2.22. The van der Waals surface area contributed by atoms with Crippen molar-refractivity contribution >= 4 is 17.4 Å². The van der Waals surface area contributed by atoms with E-state index < -0.39 is 0 Å². The third-order valence-corrected chi connectivity index (χ3v) is 2.87. The lowest BCUT2D eigenvalue weighted by molar-refractivity contribution is -0.119. The third-order valence-electron chi connectivity index (χ3n) is 2.32. The zero-order valence-corrected chi connectivity index (χ0v) is 8.23. The zero-order valence-electron chi connectivity index (χ0n) is 7.41. The number of nitrogens with one attached hydrogen (secondary N) is 1. The van der Waals surface area contributed by atoms with E-state index in [4.69, 9.17) is 0 Å². The van der Waals surface area contributed by atoms with Crippen LogP contribution in [0.25, 0.3) is 0 Å². The maximum absolute atomic E-state index is 11.0. The van der Waals surface area contributed by atoms with Crippen molar-refractivity contribution in [2.75, 3.05) is 0 Å². The minimum atomic E-state index is -0.104. The van der Waals surface area contributed by atoms with Gasteiger partial charge in [-0.25, -0.2) is 0 Å². The van der Waals surface area contributed by atoms with E-state index in [0.717, 1.165) is 18.5 Å². The standard InChI is InChI=1S/C8H11N3OS/c1-8(3-2-7(12)9-8)4-6-5-13-11-10-6/h5H,2-4H2,1H3,(H,9,12). The Morgan fingerprint density at radius 1 is 1.77 bits per heavy atom. The topological polar surface area (TPSA) is 54.9 Å². The fourth-order valence-electron chi connectivity index (χ4n) is 1.64. The van der Waals surface area contributed by atoms with E-state index in [1.807, 2.05) is 5.38 Å². The van der Waals surface area contributed by atoms with Gasteiger partial charge in [0.1, 0.15) is 0 Å². The summed E-state index contributed by atoms with van der Waals surface area (Å²) in [6, 6.07) is 0. The van der Waals surface area contributed by atoms with Gasteiger partial charge in [-0.3, -0.25) is 4.79 Å². The van der Waals surface area contributed by atoms with Gasteiger partial charge in [0, 0.05) is 23.8 Å². The van der Waals surface area contributed by atoms with Crippen LogP contribution in [0.3, 0.4) is 0 Å². The first kappa shape index (κ1) is 8.62. The molecule has 1 atom stereocenters. The Balaban J connectivity index is 2.05. The monoisotopic (exact) mass is 197 g/mol. The molecule has 0 aromatic carbocycles. The summed E-state index contributed by atoms with van der Waals surface area (Å²) < 4.78 is 3.79. The molecular formula is C8H11N3OS. The first-order valence-corrected chi connectivity index (χ1v) is 5.09. The highest BCUT2D eigenvalue weighted by atomic mass is 32.1. The summed E-state index contributed by atoms with van der Waals surface area (Å²) in [6.07, 6.45) is 2.31. The highest BCUT2D eigenvalue weighted by Gasteiger charge is 2.33. The summed E-state index contributed by atoms with van der Waals surface area (Å²) in [5, 5.41) is 8.86. The van der Waals surface area contributed by atoms with Crippen molar-refractivity contribution in [3.8, 4) is 0 Å². The van der Waals surface area contributed by atoms with Gasteiger partial charge in [-0.05, 0) is 24.9 Å². The van der Waals surface area contributed by atoms with E-state index in [1.165, 1.54) is 11.5 Å². The largest absolute Gasteiger partial charge is 0.351 e. The quantitative estimate of drug-likeness (QED) is 0.761. The van der Waals surface area contributed by atoms with Crippen molar-refractivity contribution < 1.29 is 4.79 Å². The number of rotatable bonds is 2. The molecule has 1 fully saturated rings. The molecular weight excluding hydrogens is 186 g/mol. The number of hydrogen-bond donors (Lipinski definition) is 1. The fourth-order valence-corrected chi connectivity index (χ4v) is 2.10. The fraction of sp³-hybridized carbons (Fsp3) is 0.625. The van der Waals surface area contributed by atoms with Crippen molar-refractivity contribution in [3.05, 3.63) is 11.1 Å². The Hall–Kier alpha value is -0.970. The molecule has 0 saturated carbocycles. The Labute approximate surface area is 80.5 Å². The predicted octanol–water partition coefficient (Wildman–Crippen LogP) is 0.749. The van der Waals surface area contributed by atoms with Crippen LogP contribution >= 0.6 is 11.5 Å². The number of carbonyl (C=O) groups excluding carboxylic acids is 1. The van der Waals surface area contributed by atoms with Crippen LogP contribution in [0.15, 0.2) is 5.38 Å². The minimum absolute atomic E-state index is 0.104. The van der Waals surface area contributed by atoms with Gasteiger partial charge in [-0.15, -0.1) is 5.10 Å². The first-order chi connectivity index (χ1) is 6.18. The molecule has 1 amide bonds. The van der Waals surface area contributed by atoms with Gasteiger partial charge in [0.2, 0.25) is 5.91 Å². The van der Waals surface area contributed by atoms with E-state index in [-0.39, 0.29) is 11.4 Å². The van der Waals surface area contributed by atoms with E-state index in [2.05, 4.69) is 21.8 Å². The van der Waals surface area contributed by atoms with Crippen molar-refractivity contribution in [3.63, 3.8) is 0 Å². The van der Waals surface area contributed by atoms with E-state index in [0.29, 0.717) is 6.42 Å². The van der Waals surface area contributed by atoms with Gasteiger partial charge in [-0.2, -0.15) is 0 Å². The molecule has 70 valence electrons. The average Bonchev–Trinajstić information content (AvgIpc) is 2.62. The van der Waals surface area contributed by atoms with Crippen molar-refractivity contribution in [1.82, 2.24) is 14.9 Å². The van der Waals surface area contributed by atoms with Gasteiger partial charge in [0.05, 0.1) is 5.69 Å². The lowest BCUT2D eigenvalue weighted by Crippen LogP contribution is -2.40. The molecule has 2 rings (SSSR count). The molecule has 0 spiro atoms. The number of amides is 1. The van der Waals surface area contributed by atoms with Gasteiger partial charge in [0.15, 0.2) is 0 Å². The smallest absolute Gasteiger partial charge is 0.220 e. The van der Waals surface area contributed by atoms with Crippen LogP contribution < -0.4 is 5.32 Å². The van der Waals surface area contributed by atoms with Crippen LogP contribution in [0.4, 0.5) is 0 Å². The molecule has 1 aromatic rings. The average molecular weight is 197 g/mol. The molecule has 1 aromatic heterocycles. The summed E-state index contributed by atoms with van der Waals surface area (Å²) in [7, 11) is 0. The highest BCUT2D eigenvalue weighted by Crippen LogP contribution is 2.23. The second-order valence-electron chi connectivity index (χ2n) is 3.68. The van der Waals surface area contributed by atoms with Gasteiger partial charge < -0.3 is 5.32 Å². The Morgan fingerprint density at radius 2 is 2.62 bits per heavy atom. The maximum atomic E-state index is 11.0. The van der Waals surface area contributed by atoms with Crippen LogP contribution in [0.2, 0.25) is 0 Å². The number of hydrogen-bond acceptors (Lipinski definition) is 4. The van der Waals surface area contributed by atoms with Gasteiger partial charge in [-0.1, -0.05) is 4.49 Å². The van der Waals surface area contributed by atoms with Crippen LogP contribution in [0.1, 0.15) is 25.5 Å². The van der Waals surface area contributed by atoms with E-state index >= 15 is 0 Å². The molecule has 4 nitrogen and oxygen atoms in total. The highest BCUT2D eigenvalue weighted by molar-refractivity contribution is 7.03. The van der Waals surface area contributed by atoms with Gasteiger partial charge >= 0.3 is 0 Å². The molecule has 1 unspecified atom stereocenters. The second kappa shape index (κ2) is 3.06. The van der Waals surface area contributed by atoms with Crippen molar-refractivity contribution in [1.29, 1.82) is 0 Å². The summed E-state index contributed by atoms with van der Waals surface area (Å²) in [5.74, 6) is 0.144. The summed E-state index contributed by atoms with van der Waals surface area (Å²) in [4.78, 5) is 11.0. The molecule has 13 heavy (non-hydrogen) atoms. The van der Waals surface area contributed by atoms with Gasteiger partial charge in [0.25, 0.3) is 0 Å².